The van der Waals surface area contributed by atoms with Gasteiger partial charge >= 0.3 is 0 Å². The molecule has 0 saturated heterocycles. The minimum Gasteiger partial charge on any atom is -0.393 e. The second-order valence-corrected chi connectivity index (χ2v) is 8.91. The van der Waals surface area contributed by atoms with Crippen LogP contribution >= 0.6 is 0 Å². The SMILES string of the molecule is CNc1cc(-c2ccc(C(C)C)c3nccn23)nc2c(C(=O)C[C@@H]3CCC[C@@H]3O)cnn12. The zero-order valence-corrected chi connectivity index (χ0v) is 18.6. The van der Waals surface area contributed by atoms with Gasteiger partial charge in [0.2, 0.25) is 0 Å². The highest BCUT2D eigenvalue weighted by Gasteiger charge is 2.29. The maximum Gasteiger partial charge on any atom is 0.168 e. The van der Waals surface area contributed by atoms with E-state index < -0.39 is 6.10 Å². The quantitative estimate of drug-likeness (QED) is 0.448. The fraction of sp³-hybridized carbons (Fsp3) is 0.417. The predicted molar refractivity (Wildman–Crippen MR) is 123 cm³/mol. The first kappa shape index (κ1) is 20.6. The van der Waals surface area contributed by atoms with Crippen molar-refractivity contribution in [3.05, 3.63) is 47.9 Å². The number of aliphatic hydroxyl groups excluding tert-OH is 1. The van der Waals surface area contributed by atoms with Crippen molar-refractivity contribution in [3.63, 3.8) is 0 Å². The van der Waals surface area contributed by atoms with Crippen molar-refractivity contribution in [1.29, 1.82) is 0 Å². The van der Waals surface area contributed by atoms with Gasteiger partial charge in [-0.1, -0.05) is 26.3 Å². The molecule has 0 aromatic carbocycles. The summed E-state index contributed by atoms with van der Waals surface area (Å²) < 4.78 is 3.70. The zero-order valence-electron chi connectivity index (χ0n) is 18.6. The first-order chi connectivity index (χ1) is 15.5. The average Bonchev–Trinajstić information content (AvgIpc) is 3.52. The minimum absolute atomic E-state index is 0.0126. The third-order valence-corrected chi connectivity index (χ3v) is 6.56. The van der Waals surface area contributed by atoms with Crippen molar-refractivity contribution >= 4 is 22.9 Å². The molecule has 1 aliphatic rings. The maximum absolute atomic E-state index is 13.1. The van der Waals surface area contributed by atoms with Crippen LogP contribution in [0.4, 0.5) is 5.82 Å². The summed E-state index contributed by atoms with van der Waals surface area (Å²) >= 11 is 0. The van der Waals surface area contributed by atoms with Crippen molar-refractivity contribution in [3.8, 4) is 11.4 Å². The van der Waals surface area contributed by atoms with Crippen molar-refractivity contribution in [1.82, 2.24) is 24.0 Å². The van der Waals surface area contributed by atoms with Crippen molar-refractivity contribution < 1.29 is 9.90 Å². The highest BCUT2D eigenvalue weighted by molar-refractivity contribution is 6.01. The lowest BCUT2D eigenvalue weighted by molar-refractivity contribution is 0.0869. The van der Waals surface area contributed by atoms with Crippen LogP contribution in [0.15, 0.2) is 36.8 Å². The molecule has 4 aromatic heterocycles. The topological polar surface area (TPSA) is 96.8 Å². The van der Waals surface area contributed by atoms with Crippen LogP contribution in [0, 0.1) is 5.92 Å². The molecule has 1 fully saturated rings. The number of rotatable bonds is 6. The first-order valence-electron chi connectivity index (χ1n) is 11.2. The van der Waals surface area contributed by atoms with Gasteiger partial charge in [-0.3, -0.25) is 9.20 Å². The summed E-state index contributed by atoms with van der Waals surface area (Å²) in [4.78, 5) is 22.5. The Morgan fingerprint density at radius 1 is 1.28 bits per heavy atom. The lowest BCUT2D eigenvalue weighted by Crippen LogP contribution is -2.17. The Kier molecular flexibility index (Phi) is 5.17. The molecule has 1 aliphatic carbocycles. The number of Topliss-reactive ketones (excluding diaryl/α,β-unsaturated/α-hetero) is 1. The molecule has 0 unspecified atom stereocenters. The fourth-order valence-electron chi connectivity index (χ4n) is 4.77. The highest BCUT2D eigenvalue weighted by Crippen LogP contribution is 2.31. The molecule has 166 valence electrons. The summed E-state index contributed by atoms with van der Waals surface area (Å²) in [7, 11) is 1.82. The molecule has 0 radical (unpaired) electrons. The standard InChI is InChI=1S/C24H28N6O2/c1-14(2)16-7-8-19(29-10-9-26-23(16)29)18-12-22(25-3)30-24(28-18)17(13-27-30)21(32)11-15-5-4-6-20(15)31/h7-10,12-15,20,25,31H,4-6,11H2,1-3H3/t15-,20-/m0/s1. The van der Waals surface area contributed by atoms with E-state index in [0.29, 0.717) is 23.5 Å². The number of carbonyl (C=O) groups excluding carboxylic acids is 1. The number of aromatic nitrogens is 5. The number of anilines is 1. The van der Waals surface area contributed by atoms with Crippen molar-refractivity contribution in [2.45, 2.75) is 51.6 Å². The lowest BCUT2D eigenvalue weighted by Gasteiger charge is -2.14. The number of imidazole rings is 1. The van der Waals surface area contributed by atoms with Gasteiger partial charge < -0.3 is 10.4 Å². The molecule has 0 amide bonds. The summed E-state index contributed by atoms with van der Waals surface area (Å²) in [6.45, 7) is 4.30. The number of ketones is 1. The molecule has 8 nitrogen and oxygen atoms in total. The Morgan fingerprint density at radius 2 is 2.12 bits per heavy atom. The fourth-order valence-corrected chi connectivity index (χ4v) is 4.77. The number of fused-ring (bicyclic) bond motifs is 2. The van der Waals surface area contributed by atoms with Gasteiger partial charge in [0.1, 0.15) is 11.5 Å². The van der Waals surface area contributed by atoms with E-state index in [-0.39, 0.29) is 11.7 Å². The molecular weight excluding hydrogens is 404 g/mol. The molecular formula is C24H28N6O2. The summed E-state index contributed by atoms with van der Waals surface area (Å²) in [6, 6.07) is 6.07. The van der Waals surface area contributed by atoms with E-state index in [1.165, 1.54) is 5.56 Å². The molecule has 0 aliphatic heterocycles. The minimum atomic E-state index is -0.397. The van der Waals surface area contributed by atoms with E-state index in [4.69, 9.17) is 4.98 Å². The molecule has 1 saturated carbocycles. The van der Waals surface area contributed by atoms with Gasteiger partial charge in [-0.25, -0.2) is 9.97 Å². The average molecular weight is 433 g/mol. The van der Waals surface area contributed by atoms with Gasteiger partial charge in [-0.15, -0.1) is 0 Å². The van der Waals surface area contributed by atoms with Crippen LogP contribution in [0.1, 0.15) is 61.4 Å². The molecule has 5 rings (SSSR count). The van der Waals surface area contributed by atoms with E-state index in [9.17, 15) is 9.90 Å². The van der Waals surface area contributed by atoms with Crippen molar-refractivity contribution in [2.75, 3.05) is 12.4 Å². The summed E-state index contributed by atoms with van der Waals surface area (Å²) in [5.74, 6) is 1.08. The number of pyridine rings is 1. The molecule has 4 aromatic rings. The van der Waals surface area contributed by atoms with E-state index >= 15 is 0 Å². The molecule has 0 bridgehead atoms. The van der Waals surface area contributed by atoms with Crippen LogP contribution in [0.5, 0.6) is 0 Å². The van der Waals surface area contributed by atoms with Crippen LogP contribution in [-0.2, 0) is 0 Å². The van der Waals surface area contributed by atoms with Crippen molar-refractivity contribution in [2.24, 2.45) is 5.92 Å². The lowest BCUT2D eigenvalue weighted by atomic mass is 9.96. The monoisotopic (exact) mass is 432 g/mol. The summed E-state index contributed by atoms with van der Waals surface area (Å²) in [5, 5.41) is 17.7. The number of hydrogen-bond donors (Lipinski definition) is 2. The van der Waals surface area contributed by atoms with Gasteiger partial charge in [0.05, 0.1) is 29.3 Å². The van der Waals surface area contributed by atoms with Gasteiger partial charge in [0.25, 0.3) is 0 Å². The van der Waals surface area contributed by atoms with E-state index in [1.807, 2.05) is 23.7 Å². The third kappa shape index (κ3) is 3.35. The summed E-state index contributed by atoms with van der Waals surface area (Å²) in [5.41, 5.74) is 4.71. The molecule has 0 spiro atoms. The van der Waals surface area contributed by atoms with Gasteiger partial charge in [-0.05, 0) is 36.3 Å². The van der Waals surface area contributed by atoms with Gasteiger partial charge in [0.15, 0.2) is 11.4 Å². The van der Waals surface area contributed by atoms with E-state index in [2.05, 4.69) is 41.4 Å². The number of carbonyl (C=O) groups is 1. The van der Waals surface area contributed by atoms with Gasteiger partial charge in [0, 0.05) is 31.9 Å². The predicted octanol–water partition coefficient (Wildman–Crippen LogP) is 3.94. The summed E-state index contributed by atoms with van der Waals surface area (Å²) in [6.07, 6.45) is 7.86. The second-order valence-electron chi connectivity index (χ2n) is 8.91. The van der Waals surface area contributed by atoms with Crippen LogP contribution in [0.2, 0.25) is 0 Å². The first-order valence-corrected chi connectivity index (χ1v) is 11.2. The number of nitrogens with one attached hydrogen (secondary N) is 1. The number of hydrogen-bond acceptors (Lipinski definition) is 6. The van der Waals surface area contributed by atoms with Crippen LogP contribution in [-0.4, -0.2) is 48.0 Å². The molecule has 32 heavy (non-hydrogen) atoms. The smallest absolute Gasteiger partial charge is 0.168 e. The highest BCUT2D eigenvalue weighted by atomic mass is 16.3. The van der Waals surface area contributed by atoms with Crippen LogP contribution in [0.25, 0.3) is 22.7 Å². The second kappa shape index (κ2) is 8.02. The number of aliphatic hydroxyl groups is 1. The molecule has 4 heterocycles. The third-order valence-electron chi connectivity index (χ3n) is 6.56. The molecule has 2 N–H and O–H groups in total. The van der Waals surface area contributed by atoms with Crippen LogP contribution < -0.4 is 5.32 Å². The Balaban J connectivity index is 1.62. The normalized spacial score (nSPS) is 18.8. The Morgan fingerprint density at radius 3 is 2.84 bits per heavy atom. The molecule has 8 heteroatoms. The largest absolute Gasteiger partial charge is 0.393 e. The Bertz CT molecular complexity index is 1300. The molecule has 2 atom stereocenters. The Labute approximate surface area is 186 Å². The van der Waals surface area contributed by atoms with Crippen LogP contribution in [0.3, 0.4) is 0 Å². The zero-order chi connectivity index (χ0) is 22.4. The van der Waals surface area contributed by atoms with Gasteiger partial charge in [-0.2, -0.15) is 9.61 Å². The van der Waals surface area contributed by atoms with E-state index in [0.717, 1.165) is 42.1 Å². The maximum atomic E-state index is 13.1. The Hall–Kier alpha value is -3.26. The van der Waals surface area contributed by atoms with E-state index in [1.54, 1.807) is 16.9 Å². The number of nitrogens with zero attached hydrogens (tertiary/aromatic N) is 5.